The van der Waals surface area contributed by atoms with Crippen LogP contribution in [-0.2, 0) is 11.3 Å². The standard InChI is InChI=1S/C14H15ClN4O/c1-16-12-4-5-19(14(12)20)7-9-2-3-11-10(6-9)13(15)18-8-17-11/h2-3,6,8,12,16H,4-5,7H2,1H3. The Hall–Kier alpha value is -1.72. The maximum Gasteiger partial charge on any atom is 0.240 e. The Morgan fingerprint density at radius 1 is 1.45 bits per heavy atom. The number of hydrogen-bond acceptors (Lipinski definition) is 4. The van der Waals surface area contributed by atoms with Crippen LogP contribution in [0, 0.1) is 0 Å². The molecule has 3 rings (SSSR count). The van der Waals surface area contributed by atoms with Crippen molar-refractivity contribution in [2.24, 2.45) is 0 Å². The Labute approximate surface area is 122 Å². The summed E-state index contributed by atoms with van der Waals surface area (Å²) in [5.41, 5.74) is 1.86. The van der Waals surface area contributed by atoms with E-state index in [0.29, 0.717) is 11.7 Å². The topological polar surface area (TPSA) is 58.1 Å². The highest BCUT2D eigenvalue weighted by molar-refractivity contribution is 6.34. The summed E-state index contributed by atoms with van der Waals surface area (Å²) in [6.45, 7) is 1.37. The molecule has 0 spiro atoms. The first kappa shape index (κ1) is 13.3. The van der Waals surface area contributed by atoms with Gasteiger partial charge in [-0.15, -0.1) is 0 Å². The van der Waals surface area contributed by atoms with Crippen molar-refractivity contribution in [2.75, 3.05) is 13.6 Å². The molecule has 0 bridgehead atoms. The number of likely N-dealkylation sites (tertiary alicyclic amines) is 1. The monoisotopic (exact) mass is 290 g/mol. The third kappa shape index (κ3) is 2.34. The van der Waals surface area contributed by atoms with Crippen LogP contribution in [0.25, 0.3) is 10.9 Å². The number of amides is 1. The molecule has 104 valence electrons. The molecule has 0 saturated carbocycles. The number of carbonyl (C=O) groups excluding carboxylic acids is 1. The minimum absolute atomic E-state index is 0.0534. The number of nitrogens with zero attached hydrogens (tertiary/aromatic N) is 3. The van der Waals surface area contributed by atoms with Gasteiger partial charge in [0.15, 0.2) is 0 Å². The molecule has 1 aromatic carbocycles. The molecular formula is C14H15ClN4O. The van der Waals surface area contributed by atoms with E-state index < -0.39 is 0 Å². The summed E-state index contributed by atoms with van der Waals surface area (Å²) in [5, 5.41) is 4.30. The fourth-order valence-corrected chi connectivity index (χ4v) is 2.75. The molecule has 1 fully saturated rings. The van der Waals surface area contributed by atoms with E-state index in [9.17, 15) is 4.79 Å². The third-order valence-corrected chi connectivity index (χ3v) is 3.97. The van der Waals surface area contributed by atoms with Gasteiger partial charge in [-0.2, -0.15) is 0 Å². The summed E-state index contributed by atoms with van der Waals surface area (Å²) in [4.78, 5) is 22.1. The van der Waals surface area contributed by atoms with Crippen LogP contribution in [0.5, 0.6) is 0 Å². The van der Waals surface area contributed by atoms with Gasteiger partial charge in [0.2, 0.25) is 5.91 Å². The number of halogens is 1. The normalized spacial score (nSPS) is 19.0. The van der Waals surface area contributed by atoms with Gasteiger partial charge in [-0.25, -0.2) is 9.97 Å². The van der Waals surface area contributed by atoms with Gasteiger partial charge in [-0.3, -0.25) is 4.79 Å². The van der Waals surface area contributed by atoms with E-state index >= 15 is 0 Å². The Kier molecular flexibility index (Phi) is 3.54. The first-order chi connectivity index (χ1) is 9.69. The van der Waals surface area contributed by atoms with Gasteiger partial charge in [-0.1, -0.05) is 17.7 Å². The smallest absolute Gasteiger partial charge is 0.240 e. The minimum atomic E-state index is -0.0534. The van der Waals surface area contributed by atoms with Gasteiger partial charge in [0.05, 0.1) is 11.6 Å². The molecule has 1 aliphatic heterocycles. The maximum atomic E-state index is 12.1. The van der Waals surface area contributed by atoms with Crippen LogP contribution in [-0.4, -0.2) is 40.4 Å². The van der Waals surface area contributed by atoms with Crippen LogP contribution >= 0.6 is 11.6 Å². The fraction of sp³-hybridized carbons (Fsp3) is 0.357. The lowest BCUT2D eigenvalue weighted by atomic mass is 10.1. The van der Waals surface area contributed by atoms with Gasteiger partial charge >= 0.3 is 0 Å². The maximum absolute atomic E-state index is 12.1. The van der Waals surface area contributed by atoms with Crippen molar-refractivity contribution in [3.63, 3.8) is 0 Å². The zero-order valence-corrected chi connectivity index (χ0v) is 11.9. The zero-order chi connectivity index (χ0) is 14.1. The van der Waals surface area contributed by atoms with Crippen LogP contribution in [0.3, 0.4) is 0 Å². The second kappa shape index (κ2) is 5.34. The molecule has 1 aliphatic rings. The van der Waals surface area contributed by atoms with Gasteiger partial charge in [0.25, 0.3) is 0 Å². The molecular weight excluding hydrogens is 276 g/mol. The highest BCUT2D eigenvalue weighted by atomic mass is 35.5. The number of aromatic nitrogens is 2. The number of hydrogen-bond donors (Lipinski definition) is 1. The van der Waals surface area contributed by atoms with Crippen LogP contribution in [0.15, 0.2) is 24.5 Å². The molecule has 0 radical (unpaired) electrons. The molecule has 1 amide bonds. The average Bonchev–Trinajstić information content (AvgIpc) is 2.80. The molecule has 1 N–H and O–H groups in total. The zero-order valence-electron chi connectivity index (χ0n) is 11.1. The predicted octanol–water partition coefficient (Wildman–Crippen LogP) is 1.60. The van der Waals surface area contributed by atoms with E-state index in [4.69, 9.17) is 11.6 Å². The van der Waals surface area contributed by atoms with Crippen molar-refractivity contribution in [2.45, 2.75) is 19.0 Å². The number of rotatable bonds is 3. The van der Waals surface area contributed by atoms with Gasteiger partial charge in [0, 0.05) is 18.5 Å². The van der Waals surface area contributed by atoms with E-state index in [-0.39, 0.29) is 11.9 Å². The molecule has 1 saturated heterocycles. The Bertz CT molecular complexity index is 661. The Balaban J connectivity index is 1.85. The van der Waals surface area contributed by atoms with Crippen molar-refractivity contribution in [3.8, 4) is 0 Å². The van der Waals surface area contributed by atoms with Crippen molar-refractivity contribution >= 4 is 28.4 Å². The molecule has 2 heterocycles. The predicted molar refractivity (Wildman–Crippen MR) is 77.4 cm³/mol. The van der Waals surface area contributed by atoms with E-state index in [1.165, 1.54) is 6.33 Å². The second-order valence-electron chi connectivity index (χ2n) is 4.91. The quantitative estimate of drug-likeness (QED) is 0.873. The molecule has 1 unspecified atom stereocenters. The molecule has 20 heavy (non-hydrogen) atoms. The summed E-state index contributed by atoms with van der Waals surface area (Å²) in [5.74, 6) is 0.156. The number of nitrogens with one attached hydrogen (secondary N) is 1. The number of likely N-dealkylation sites (N-methyl/N-ethyl adjacent to an activating group) is 1. The van der Waals surface area contributed by atoms with Gasteiger partial charge in [0.1, 0.15) is 11.5 Å². The van der Waals surface area contributed by atoms with Crippen molar-refractivity contribution in [1.29, 1.82) is 0 Å². The summed E-state index contributed by atoms with van der Waals surface area (Å²) < 4.78 is 0. The lowest BCUT2D eigenvalue weighted by Gasteiger charge is -2.17. The number of fused-ring (bicyclic) bond motifs is 1. The lowest BCUT2D eigenvalue weighted by Crippen LogP contribution is -2.35. The van der Waals surface area contributed by atoms with E-state index in [0.717, 1.165) is 29.4 Å². The van der Waals surface area contributed by atoms with Gasteiger partial charge in [-0.05, 0) is 31.2 Å². The summed E-state index contributed by atoms with van der Waals surface area (Å²) in [6, 6.07) is 5.79. The second-order valence-corrected chi connectivity index (χ2v) is 5.26. The summed E-state index contributed by atoms with van der Waals surface area (Å²) in [7, 11) is 1.82. The highest BCUT2D eigenvalue weighted by Gasteiger charge is 2.29. The Morgan fingerprint density at radius 3 is 3.05 bits per heavy atom. The molecule has 2 aromatic rings. The van der Waals surface area contributed by atoms with E-state index in [2.05, 4.69) is 15.3 Å². The lowest BCUT2D eigenvalue weighted by molar-refractivity contribution is -0.129. The summed E-state index contributed by atoms with van der Waals surface area (Å²) in [6.07, 6.45) is 2.30. The van der Waals surface area contributed by atoms with Crippen molar-refractivity contribution in [3.05, 3.63) is 35.2 Å². The van der Waals surface area contributed by atoms with Crippen LogP contribution in [0.2, 0.25) is 5.15 Å². The Morgan fingerprint density at radius 2 is 2.30 bits per heavy atom. The molecule has 1 aromatic heterocycles. The van der Waals surface area contributed by atoms with Gasteiger partial charge < -0.3 is 10.2 Å². The van der Waals surface area contributed by atoms with Crippen LogP contribution in [0.1, 0.15) is 12.0 Å². The van der Waals surface area contributed by atoms with Crippen molar-refractivity contribution in [1.82, 2.24) is 20.2 Å². The molecule has 0 aliphatic carbocycles. The SMILES string of the molecule is CNC1CCN(Cc2ccc3ncnc(Cl)c3c2)C1=O. The first-order valence-corrected chi connectivity index (χ1v) is 6.92. The minimum Gasteiger partial charge on any atom is -0.337 e. The largest absolute Gasteiger partial charge is 0.337 e. The molecule has 5 nitrogen and oxygen atoms in total. The molecule has 6 heteroatoms. The average molecular weight is 291 g/mol. The van der Waals surface area contributed by atoms with E-state index in [1.807, 2.05) is 30.1 Å². The third-order valence-electron chi connectivity index (χ3n) is 3.67. The summed E-state index contributed by atoms with van der Waals surface area (Å²) >= 11 is 6.08. The van der Waals surface area contributed by atoms with Crippen molar-refractivity contribution < 1.29 is 4.79 Å². The van der Waals surface area contributed by atoms with E-state index in [1.54, 1.807) is 0 Å². The first-order valence-electron chi connectivity index (χ1n) is 6.54. The highest BCUT2D eigenvalue weighted by Crippen LogP contribution is 2.22. The van der Waals surface area contributed by atoms with Crippen LogP contribution in [0.4, 0.5) is 0 Å². The number of benzene rings is 1. The molecule has 1 atom stereocenters. The fourth-order valence-electron chi connectivity index (χ4n) is 2.55. The number of carbonyl (C=O) groups is 1. The van der Waals surface area contributed by atoms with Crippen LogP contribution < -0.4 is 5.32 Å².